The van der Waals surface area contributed by atoms with Crippen LogP contribution < -0.4 is 5.32 Å². The van der Waals surface area contributed by atoms with E-state index in [1.165, 1.54) is 10.8 Å². The molecule has 0 saturated heterocycles. The Balaban J connectivity index is 1.80. The molecule has 1 aromatic heterocycles. The van der Waals surface area contributed by atoms with E-state index in [1.807, 2.05) is 32.0 Å². The van der Waals surface area contributed by atoms with Gasteiger partial charge in [0.1, 0.15) is 5.76 Å². The Hall–Kier alpha value is -2.55. The van der Waals surface area contributed by atoms with E-state index in [9.17, 15) is 4.79 Å². The van der Waals surface area contributed by atoms with Crippen LogP contribution in [-0.4, -0.2) is 5.91 Å². The molecule has 106 valence electrons. The molecule has 1 amide bonds. The van der Waals surface area contributed by atoms with Crippen LogP contribution in [0, 0.1) is 6.92 Å². The molecule has 0 aliphatic rings. The van der Waals surface area contributed by atoms with Gasteiger partial charge < -0.3 is 9.73 Å². The van der Waals surface area contributed by atoms with Crippen molar-refractivity contribution in [2.75, 3.05) is 0 Å². The second-order valence-electron chi connectivity index (χ2n) is 5.21. The van der Waals surface area contributed by atoms with Crippen LogP contribution in [0.5, 0.6) is 0 Å². The van der Waals surface area contributed by atoms with E-state index in [0.717, 1.165) is 11.3 Å². The Kier molecular flexibility index (Phi) is 3.48. The fraction of sp³-hybridized carbons (Fsp3) is 0.167. The van der Waals surface area contributed by atoms with E-state index in [2.05, 4.69) is 29.6 Å². The van der Waals surface area contributed by atoms with Crippen LogP contribution >= 0.6 is 0 Å². The molecular formula is C18H17NO2. The third-order valence-corrected chi connectivity index (χ3v) is 3.59. The van der Waals surface area contributed by atoms with Crippen molar-refractivity contribution in [1.29, 1.82) is 0 Å². The predicted octanol–water partition coefficient (Wildman–Crippen LogP) is 4.23. The molecule has 2 aromatic carbocycles. The molecular weight excluding hydrogens is 262 g/mol. The summed E-state index contributed by atoms with van der Waals surface area (Å²) in [7, 11) is 0. The third-order valence-electron chi connectivity index (χ3n) is 3.59. The molecule has 0 aliphatic carbocycles. The predicted molar refractivity (Wildman–Crippen MR) is 83.3 cm³/mol. The van der Waals surface area contributed by atoms with Gasteiger partial charge in [0, 0.05) is 0 Å². The van der Waals surface area contributed by atoms with Crippen LogP contribution in [0.15, 0.2) is 59.0 Å². The van der Waals surface area contributed by atoms with Crippen molar-refractivity contribution in [3.63, 3.8) is 0 Å². The van der Waals surface area contributed by atoms with Crippen molar-refractivity contribution < 1.29 is 9.21 Å². The van der Waals surface area contributed by atoms with E-state index in [4.69, 9.17) is 4.42 Å². The molecule has 0 fully saturated rings. The zero-order valence-electron chi connectivity index (χ0n) is 12.1. The fourth-order valence-electron chi connectivity index (χ4n) is 2.38. The normalized spacial score (nSPS) is 12.3. The van der Waals surface area contributed by atoms with E-state index in [1.54, 1.807) is 12.1 Å². The molecule has 1 heterocycles. The van der Waals surface area contributed by atoms with Crippen molar-refractivity contribution in [3.05, 3.63) is 71.7 Å². The van der Waals surface area contributed by atoms with Gasteiger partial charge in [0.2, 0.25) is 0 Å². The summed E-state index contributed by atoms with van der Waals surface area (Å²) < 4.78 is 5.34. The standard InChI is InChI=1S/C18H17NO2/c1-12-7-10-17(21-12)18(20)19-13(2)15-9-8-14-5-3-4-6-16(14)11-15/h3-11,13H,1-2H3,(H,19,20). The summed E-state index contributed by atoms with van der Waals surface area (Å²) in [5.41, 5.74) is 1.07. The Morgan fingerprint density at radius 2 is 1.81 bits per heavy atom. The average Bonchev–Trinajstić information content (AvgIpc) is 2.93. The van der Waals surface area contributed by atoms with E-state index in [0.29, 0.717) is 5.76 Å². The van der Waals surface area contributed by atoms with Crippen molar-refractivity contribution in [3.8, 4) is 0 Å². The Morgan fingerprint density at radius 3 is 2.52 bits per heavy atom. The number of fused-ring (bicyclic) bond motifs is 1. The average molecular weight is 279 g/mol. The van der Waals surface area contributed by atoms with E-state index >= 15 is 0 Å². The van der Waals surface area contributed by atoms with Crippen LogP contribution in [0.1, 0.15) is 34.8 Å². The maximum Gasteiger partial charge on any atom is 0.287 e. The zero-order chi connectivity index (χ0) is 14.8. The maximum atomic E-state index is 12.1. The molecule has 0 radical (unpaired) electrons. The summed E-state index contributed by atoms with van der Waals surface area (Å²) in [6.07, 6.45) is 0. The molecule has 1 unspecified atom stereocenters. The van der Waals surface area contributed by atoms with Crippen LogP contribution in [0.3, 0.4) is 0 Å². The van der Waals surface area contributed by atoms with Gasteiger partial charge in [-0.2, -0.15) is 0 Å². The lowest BCUT2D eigenvalue weighted by Crippen LogP contribution is -2.26. The van der Waals surface area contributed by atoms with E-state index in [-0.39, 0.29) is 11.9 Å². The topological polar surface area (TPSA) is 42.2 Å². The van der Waals surface area contributed by atoms with E-state index < -0.39 is 0 Å². The number of benzene rings is 2. The molecule has 0 bridgehead atoms. The number of hydrogen-bond donors (Lipinski definition) is 1. The summed E-state index contributed by atoms with van der Waals surface area (Å²) in [5.74, 6) is 0.891. The maximum absolute atomic E-state index is 12.1. The van der Waals surface area contributed by atoms with Crippen molar-refractivity contribution in [2.45, 2.75) is 19.9 Å². The minimum atomic E-state index is -0.191. The van der Waals surface area contributed by atoms with Crippen molar-refractivity contribution in [2.24, 2.45) is 0 Å². The highest BCUT2D eigenvalue weighted by molar-refractivity contribution is 5.92. The summed E-state index contributed by atoms with van der Waals surface area (Å²) in [6.45, 7) is 3.79. The lowest BCUT2D eigenvalue weighted by molar-refractivity contribution is 0.0910. The highest BCUT2D eigenvalue weighted by atomic mass is 16.3. The number of carbonyl (C=O) groups is 1. The van der Waals surface area contributed by atoms with Crippen molar-refractivity contribution in [1.82, 2.24) is 5.32 Å². The molecule has 3 rings (SSSR count). The van der Waals surface area contributed by atoms with Crippen molar-refractivity contribution >= 4 is 16.7 Å². The van der Waals surface area contributed by atoms with Gasteiger partial charge in [-0.1, -0.05) is 36.4 Å². The summed E-state index contributed by atoms with van der Waals surface area (Å²) in [4.78, 5) is 12.1. The van der Waals surface area contributed by atoms with Gasteiger partial charge in [0.05, 0.1) is 6.04 Å². The monoisotopic (exact) mass is 279 g/mol. The van der Waals surface area contributed by atoms with Crippen LogP contribution in [-0.2, 0) is 0 Å². The molecule has 0 saturated carbocycles. The summed E-state index contributed by atoms with van der Waals surface area (Å²) in [6, 6.07) is 17.8. The van der Waals surface area contributed by atoms with Crippen LogP contribution in [0.4, 0.5) is 0 Å². The van der Waals surface area contributed by atoms with Crippen LogP contribution in [0.25, 0.3) is 10.8 Å². The van der Waals surface area contributed by atoms with Gasteiger partial charge in [0.15, 0.2) is 5.76 Å². The first-order valence-electron chi connectivity index (χ1n) is 6.99. The molecule has 3 aromatic rings. The highest BCUT2D eigenvalue weighted by Gasteiger charge is 2.14. The van der Waals surface area contributed by atoms with Gasteiger partial charge in [0.25, 0.3) is 5.91 Å². The Morgan fingerprint density at radius 1 is 1.05 bits per heavy atom. The second-order valence-corrected chi connectivity index (χ2v) is 5.21. The number of carbonyl (C=O) groups excluding carboxylic acids is 1. The van der Waals surface area contributed by atoms with Gasteiger partial charge in [-0.25, -0.2) is 0 Å². The fourth-order valence-corrected chi connectivity index (χ4v) is 2.38. The van der Waals surface area contributed by atoms with Crippen LogP contribution in [0.2, 0.25) is 0 Å². The molecule has 0 spiro atoms. The molecule has 21 heavy (non-hydrogen) atoms. The number of aryl methyl sites for hydroxylation is 1. The lowest BCUT2D eigenvalue weighted by atomic mass is 10.0. The minimum absolute atomic E-state index is 0.0764. The largest absolute Gasteiger partial charge is 0.456 e. The first kappa shape index (κ1) is 13.4. The van der Waals surface area contributed by atoms with Gasteiger partial charge in [-0.05, 0) is 48.4 Å². The number of furan rings is 1. The molecule has 3 nitrogen and oxygen atoms in total. The summed E-state index contributed by atoms with van der Waals surface area (Å²) >= 11 is 0. The van der Waals surface area contributed by atoms with Gasteiger partial charge in [-0.3, -0.25) is 4.79 Å². The Bertz CT molecular complexity index is 789. The number of rotatable bonds is 3. The SMILES string of the molecule is Cc1ccc(C(=O)NC(C)c2ccc3ccccc3c2)o1. The zero-order valence-corrected chi connectivity index (χ0v) is 12.1. The number of amides is 1. The second kappa shape index (κ2) is 5.44. The minimum Gasteiger partial charge on any atom is -0.456 e. The highest BCUT2D eigenvalue weighted by Crippen LogP contribution is 2.20. The quantitative estimate of drug-likeness (QED) is 0.779. The molecule has 0 aliphatic heterocycles. The first-order chi connectivity index (χ1) is 10.1. The first-order valence-corrected chi connectivity index (χ1v) is 6.99. The lowest BCUT2D eigenvalue weighted by Gasteiger charge is -2.14. The third kappa shape index (κ3) is 2.82. The molecule has 3 heteroatoms. The molecule has 1 atom stereocenters. The van der Waals surface area contributed by atoms with Gasteiger partial charge in [-0.15, -0.1) is 0 Å². The van der Waals surface area contributed by atoms with Gasteiger partial charge >= 0.3 is 0 Å². The Labute approximate surface area is 123 Å². The summed E-state index contributed by atoms with van der Waals surface area (Å²) in [5, 5.41) is 5.32. The molecule has 1 N–H and O–H groups in total. The number of hydrogen-bond acceptors (Lipinski definition) is 2. The smallest absolute Gasteiger partial charge is 0.287 e. The number of nitrogens with one attached hydrogen (secondary N) is 1.